The van der Waals surface area contributed by atoms with E-state index in [2.05, 4.69) is 6.08 Å². The third-order valence-corrected chi connectivity index (χ3v) is 10.4. The summed E-state index contributed by atoms with van der Waals surface area (Å²) in [6.07, 6.45) is 5.60. The molecular formula is C16H30O5P2-2. The van der Waals surface area contributed by atoms with Crippen molar-refractivity contribution >= 4 is 15.3 Å². The highest BCUT2D eigenvalue weighted by atomic mass is 31.3. The van der Waals surface area contributed by atoms with E-state index in [1.807, 2.05) is 26.8 Å². The Morgan fingerprint density at radius 3 is 2.00 bits per heavy atom. The van der Waals surface area contributed by atoms with Crippen molar-refractivity contribution in [1.29, 1.82) is 0 Å². The van der Waals surface area contributed by atoms with Crippen LogP contribution in [0.5, 0.6) is 0 Å². The first kappa shape index (κ1) is 23.0. The van der Waals surface area contributed by atoms with Crippen LogP contribution in [-0.2, 0) is 4.57 Å². The van der Waals surface area contributed by atoms with Gasteiger partial charge in [0, 0.05) is 6.16 Å². The normalized spacial score (nSPS) is 16.1. The molecule has 0 aliphatic carbocycles. The lowest BCUT2D eigenvalue weighted by Crippen LogP contribution is -2.49. The van der Waals surface area contributed by atoms with E-state index in [1.54, 1.807) is 0 Å². The number of allylic oxidation sites excluding steroid dienone is 4. The van der Waals surface area contributed by atoms with Crippen molar-refractivity contribution in [3.05, 3.63) is 23.3 Å². The van der Waals surface area contributed by atoms with E-state index in [1.165, 1.54) is 19.4 Å². The topological polar surface area (TPSA) is 106 Å². The minimum absolute atomic E-state index is 0.134. The maximum absolute atomic E-state index is 12.6. The average Bonchev–Trinajstić information content (AvgIpc) is 2.37. The molecule has 0 fully saturated rings. The molecule has 0 aliphatic rings. The van der Waals surface area contributed by atoms with Gasteiger partial charge >= 0.3 is 0 Å². The Morgan fingerprint density at radius 2 is 1.61 bits per heavy atom. The van der Waals surface area contributed by atoms with Gasteiger partial charge in [-0.15, -0.1) is 7.94 Å². The van der Waals surface area contributed by atoms with E-state index >= 15 is 0 Å². The van der Waals surface area contributed by atoms with Gasteiger partial charge in [-0.3, -0.25) is 4.57 Å². The van der Waals surface area contributed by atoms with E-state index in [-0.39, 0.29) is 19.0 Å². The van der Waals surface area contributed by atoms with Crippen LogP contribution in [0.3, 0.4) is 0 Å². The van der Waals surface area contributed by atoms with E-state index in [0.29, 0.717) is 6.42 Å². The summed E-state index contributed by atoms with van der Waals surface area (Å²) in [7, 11) is -9.26. The van der Waals surface area contributed by atoms with Crippen molar-refractivity contribution in [2.24, 2.45) is 0 Å². The van der Waals surface area contributed by atoms with Gasteiger partial charge in [0.25, 0.3) is 0 Å². The summed E-state index contributed by atoms with van der Waals surface area (Å²) < 4.78 is 12.6. The van der Waals surface area contributed by atoms with Gasteiger partial charge in [0.15, 0.2) is 0 Å². The van der Waals surface area contributed by atoms with Gasteiger partial charge in [0.05, 0.1) is 0 Å². The fraction of sp³-hybridized carbons (Fsp3) is 0.750. The largest absolute Gasteiger partial charge is 0.687 e. The van der Waals surface area contributed by atoms with Crippen molar-refractivity contribution in [1.82, 2.24) is 0 Å². The van der Waals surface area contributed by atoms with Gasteiger partial charge in [-0.1, -0.05) is 37.1 Å². The van der Waals surface area contributed by atoms with Crippen LogP contribution in [0.1, 0.15) is 66.7 Å². The first-order valence-corrected chi connectivity index (χ1v) is 11.4. The smallest absolute Gasteiger partial charge is 0.241 e. The molecule has 1 unspecified atom stereocenters. The fourth-order valence-electron chi connectivity index (χ4n) is 2.71. The molecule has 0 saturated carbocycles. The number of hydrogen-bond donors (Lipinski definition) is 1. The fourth-order valence-corrected chi connectivity index (χ4v) is 7.20. The number of hydrogen-bond acceptors (Lipinski definition) is 4. The minimum atomic E-state index is -5.16. The van der Waals surface area contributed by atoms with Gasteiger partial charge in [-0.2, -0.15) is 0 Å². The Hall–Kier alpha value is -0.0200. The van der Waals surface area contributed by atoms with E-state index in [9.17, 15) is 24.1 Å². The van der Waals surface area contributed by atoms with Gasteiger partial charge < -0.3 is 19.6 Å². The standard InChI is InChI=1S/C16H32O5P2/c1-6-16(7-2,23(19,20)21)22(17,18)13-9-12-15(5)11-8-10-14(3)4/h10,12H,6-9,11,13H2,1-5H3,(H,17,18)(H2,19,20,21)/p-2/b15-12+. The predicted octanol–water partition coefficient (Wildman–Crippen LogP) is 2.70. The molecule has 1 N–H and O–H groups in total. The monoisotopic (exact) mass is 364 g/mol. The molecule has 0 aromatic carbocycles. The maximum atomic E-state index is 12.6. The second-order valence-electron chi connectivity index (χ2n) is 6.27. The molecule has 7 heteroatoms. The summed E-state index contributed by atoms with van der Waals surface area (Å²) >= 11 is 0. The Balaban J connectivity index is 4.92. The Morgan fingerprint density at radius 1 is 1.09 bits per heavy atom. The Kier molecular flexibility index (Phi) is 9.45. The molecule has 0 aromatic rings. The average molecular weight is 364 g/mol. The molecule has 0 amide bonds. The van der Waals surface area contributed by atoms with Crippen molar-refractivity contribution in [3.63, 3.8) is 0 Å². The molecule has 0 aromatic heterocycles. The zero-order chi connectivity index (χ0) is 18.3. The maximum Gasteiger partial charge on any atom is 0.241 e. The summed E-state index contributed by atoms with van der Waals surface area (Å²) in [4.78, 5) is 43.0. The second kappa shape index (κ2) is 9.46. The van der Waals surface area contributed by atoms with Crippen LogP contribution < -0.4 is 14.7 Å². The molecule has 1 atom stereocenters. The van der Waals surface area contributed by atoms with Crippen molar-refractivity contribution < 1.29 is 24.1 Å². The quantitative estimate of drug-likeness (QED) is 0.474. The van der Waals surface area contributed by atoms with Crippen LogP contribution >= 0.6 is 15.3 Å². The zero-order valence-electron chi connectivity index (χ0n) is 14.9. The predicted molar refractivity (Wildman–Crippen MR) is 92.0 cm³/mol. The van der Waals surface area contributed by atoms with Gasteiger partial charge in [-0.25, -0.2) is 0 Å². The first-order valence-electron chi connectivity index (χ1n) is 8.06. The molecule has 0 spiro atoms. The molecule has 0 saturated heterocycles. The van der Waals surface area contributed by atoms with Crippen molar-refractivity contribution in [3.8, 4) is 0 Å². The molecule has 0 radical (unpaired) electrons. The van der Waals surface area contributed by atoms with Crippen LogP contribution in [0.25, 0.3) is 0 Å². The van der Waals surface area contributed by atoms with Crippen LogP contribution in [0.4, 0.5) is 0 Å². The highest BCUT2D eigenvalue weighted by molar-refractivity contribution is 7.76. The molecule has 23 heavy (non-hydrogen) atoms. The molecule has 0 bridgehead atoms. The summed E-state index contributed by atoms with van der Waals surface area (Å²) in [5.41, 5.74) is 2.34. The zero-order valence-corrected chi connectivity index (χ0v) is 16.7. The van der Waals surface area contributed by atoms with E-state index < -0.39 is 20.2 Å². The van der Waals surface area contributed by atoms with Gasteiger partial charge in [0.2, 0.25) is 7.37 Å². The first-order chi connectivity index (χ1) is 10.4. The molecule has 136 valence electrons. The molecular weight excluding hydrogens is 334 g/mol. The SMILES string of the molecule is CCC(CC)(P(=O)(O)CC/C=C(\C)CCC=C(C)C)[P+]([O-])([O-])[O-]. The van der Waals surface area contributed by atoms with Crippen molar-refractivity contribution in [2.45, 2.75) is 71.6 Å². The third kappa shape index (κ3) is 6.42. The lowest BCUT2D eigenvalue weighted by Gasteiger charge is -2.57. The lowest BCUT2D eigenvalue weighted by molar-refractivity contribution is -0.432. The molecule has 0 rings (SSSR count). The lowest BCUT2D eigenvalue weighted by atomic mass is 10.1. The molecule has 0 heterocycles. The number of rotatable bonds is 10. The highest BCUT2D eigenvalue weighted by Crippen LogP contribution is 2.72. The molecule has 0 aliphatic heterocycles. The van der Waals surface area contributed by atoms with Crippen LogP contribution in [0.2, 0.25) is 0 Å². The minimum Gasteiger partial charge on any atom is -0.687 e. The van der Waals surface area contributed by atoms with Crippen molar-refractivity contribution in [2.75, 3.05) is 6.16 Å². The van der Waals surface area contributed by atoms with E-state index in [0.717, 1.165) is 18.4 Å². The summed E-state index contributed by atoms with van der Waals surface area (Å²) in [6, 6.07) is 0. The van der Waals surface area contributed by atoms with Crippen LogP contribution in [0.15, 0.2) is 23.3 Å². The summed E-state index contributed by atoms with van der Waals surface area (Å²) in [6.45, 7) is 8.96. The van der Waals surface area contributed by atoms with Crippen LogP contribution in [0, 0.1) is 0 Å². The Bertz CT molecular complexity index is 469. The summed E-state index contributed by atoms with van der Waals surface area (Å²) in [5.74, 6) is 0. The van der Waals surface area contributed by atoms with Crippen LogP contribution in [-0.4, -0.2) is 16.0 Å². The summed E-state index contributed by atoms with van der Waals surface area (Å²) in [5, 5.41) is 0. The van der Waals surface area contributed by atoms with E-state index in [4.69, 9.17) is 0 Å². The Labute approximate surface area is 141 Å². The molecule has 5 nitrogen and oxygen atoms in total. The van der Waals surface area contributed by atoms with Gasteiger partial charge in [-0.05, 0) is 52.9 Å². The second-order valence-corrected chi connectivity index (χ2v) is 11.2. The van der Waals surface area contributed by atoms with Gasteiger partial charge in [0.1, 0.15) is 4.90 Å². The third-order valence-electron chi connectivity index (χ3n) is 4.31. The highest BCUT2D eigenvalue weighted by Gasteiger charge is 2.50.